The van der Waals surface area contributed by atoms with Gasteiger partial charge in [-0.05, 0) is 18.2 Å². The second kappa shape index (κ2) is 7.52. The molecular formula is C19H18N4O3. The van der Waals surface area contributed by atoms with Gasteiger partial charge in [0.1, 0.15) is 0 Å². The average molecular weight is 350 g/mol. The summed E-state index contributed by atoms with van der Waals surface area (Å²) < 4.78 is 5.18. The van der Waals surface area contributed by atoms with Crippen molar-refractivity contribution in [3.05, 3.63) is 71.9 Å². The number of hydrazine groups is 1. The number of carbonyl (C=O) groups excluding carboxylic acids is 2. The first-order valence-electron chi connectivity index (χ1n) is 7.95. The fourth-order valence-electron chi connectivity index (χ4n) is 2.30. The van der Waals surface area contributed by atoms with Crippen LogP contribution < -0.4 is 15.8 Å². The minimum absolute atomic E-state index is 0.0752. The van der Waals surface area contributed by atoms with Crippen LogP contribution in [0.5, 0.6) is 0 Å². The SMILES string of the molecule is CN(C)c1cccc(C(=O)NNC(=O)c2cc(-c3ccccc3)on2)c1. The summed E-state index contributed by atoms with van der Waals surface area (Å²) in [5.74, 6) is -0.511. The zero-order chi connectivity index (χ0) is 18.5. The van der Waals surface area contributed by atoms with Gasteiger partial charge in [-0.25, -0.2) is 0 Å². The predicted octanol–water partition coefficient (Wildman–Crippen LogP) is 2.48. The molecule has 0 spiro atoms. The highest BCUT2D eigenvalue weighted by Crippen LogP contribution is 2.19. The van der Waals surface area contributed by atoms with Crippen molar-refractivity contribution in [3.63, 3.8) is 0 Å². The number of hydrogen-bond acceptors (Lipinski definition) is 5. The molecule has 2 amide bonds. The first kappa shape index (κ1) is 17.2. The van der Waals surface area contributed by atoms with E-state index in [0.29, 0.717) is 11.3 Å². The molecule has 26 heavy (non-hydrogen) atoms. The summed E-state index contributed by atoms with van der Waals surface area (Å²) in [6, 6.07) is 17.9. The molecule has 3 rings (SSSR count). The fraction of sp³-hybridized carbons (Fsp3) is 0.105. The minimum Gasteiger partial charge on any atom is -0.378 e. The summed E-state index contributed by atoms with van der Waals surface area (Å²) in [5.41, 5.74) is 6.91. The highest BCUT2D eigenvalue weighted by atomic mass is 16.5. The van der Waals surface area contributed by atoms with Gasteiger partial charge in [0.25, 0.3) is 11.8 Å². The Morgan fingerprint density at radius 2 is 1.65 bits per heavy atom. The van der Waals surface area contributed by atoms with Gasteiger partial charge >= 0.3 is 0 Å². The molecule has 3 aromatic rings. The molecule has 0 aliphatic heterocycles. The second-order valence-corrected chi connectivity index (χ2v) is 5.80. The lowest BCUT2D eigenvalue weighted by Crippen LogP contribution is -2.41. The molecule has 0 bridgehead atoms. The Morgan fingerprint density at radius 1 is 0.923 bits per heavy atom. The molecule has 0 saturated heterocycles. The maximum absolute atomic E-state index is 12.2. The summed E-state index contributed by atoms with van der Waals surface area (Å²) in [7, 11) is 3.77. The quantitative estimate of drug-likeness (QED) is 0.706. The summed E-state index contributed by atoms with van der Waals surface area (Å²) in [4.78, 5) is 26.2. The smallest absolute Gasteiger partial charge is 0.291 e. The predicted molar refractivity (Wildman–Crippen MR) is 97.6 cm³/mol. The van der Waals surface area contributed by atoms with Crippen LogP contribution in [-0.2, 0) is 0 Å². The van der Waals surface area contributed by atoms with Crippen molar-refractivity contribution in [2.45, 2.75) is 0 Å². The maximum Gasteiger partial charge on any atom is 0.291 e. The van der Waals surface area contributed by atoms with E-state index in [1.54, 1.807) is 18.2 Å². The minimum atomic E-state index is -0.562. The van der Waals surface area contributed by atoms with E-state index < -0.39 is 11.8 Å². The number of anilines is 1. The van der Waals surface area contributed by atoms with Crippen molar-refractivity contribution >= 4 is 17.5 Å². The number of nitrogens with zero attached hydrogens (tertiary/aromatic N) is 2. The Balaban J connectivity index is 1.63. The molecule has 0 aliphatic carbocycles. The van der Waals surface area contributed by atoms with E-state index in [4.69, 9.17) is 4.52 Å². The van der Waals surface area contributed by atoms with E-state index in [1.165, 1.54) is 6.07 Å². The van der Waals surface area contributed by atoms with Crippen LogP contribution in [-0.4, -0.2) is 31.1 Å². The van der Waals surface area contributed by atoms with Crippen LogP contribution in [0.1, 0.15) is 20.8 Å². The summed E-state index contributed by atoms with van der Waals surface area (Å²) >= 11 is 0. The molecule has 7 nitrogen and oxygen atoms in total. The van der Waals surface area contributed by atoms with Gasteiger partial charge in [-0.3, -0.25) is 20.4 Å². The van der Waals surface area contributed by atoms with E-state index in [9.17, 15) is 9.59 Å². The van der Waals surface area contributed by atoms with Crippen LogP contribution >= 0.6 is 0 Å². The van der Waals surface area contributed by atoms with E-state index in [1.807, 2.05) is 55.4 Å². The third kappa shape index (κ3) is 3.89. The third-order valence-electron chi connectivity index (χ3n) is 3.72. The lowest BCUT2D eigenvalue weighted by atomic mass is 10.1. The number of carbonyl (C=O) groups is 2. The van der Waals surface area contributed by atoms with Crippen molar-refractivity contribution in [2.75, 3.05) is 19.0 Å². The average Bonchev–Trinajstić information content (AvgIpc) is 3.17. The lowest BCUT2D eigenvalue weighted by Gasteiger charge is -2.13. The molecule has 0 fully saturated rings. The molecule has 0 unspecified atom stereocenters. The van der Waals surface area contributed by atoms with Gasteiger partial charge in [0, 0.05) is 37.0 Å². The molecule has 1 heterocycles. The number of nitrogens with one attached hydrogen (secondary N) is 2. The van der Waals surface area contributed by atoms with Crippen molar-refractivity contribution in [1.82, 2.24) is 16.0 Å². The van der Waals surface area contributed by atoms with Crippen LogP contribution in [0.15, 0.2) is 65.2 Å². The zero-order valence-corrected chi connectivity index (χ0v) is 14.4. The Kier molecular flexibility index (Phi) is 4.98. The standard InChI is InChI=1S/C19H18N4O3/c1-23(2)15-10-6-9-14(11-15)18(24)20-21-19(25)16-12-17(26-22-16)13-7-4-3-5-8-13/h3-12H,1-2H3,(H,20,24)(H,21,25). The number of aromatic nitrogens is 1. The van der Waals surface area contributed by atoms with Gasteiger partial charge < -0.3 is 9.42 Å². The van der Waals surface area contributed by atoms with Crippen LogP contribution in [0.2, 0.25) is 0 Å². The number of rotatable bonds is 4. The topological polar surface area (TPSA) is 87.5 Å². The molecule has 2 N–H and O–H groups in total. The molecule has 2 aromatic carbocycles. The van der Waals surface area contributed by atoms with E-state index in [0.717, 1.165) is 11.3 Å². The van der Waals surface area contributed by atoms with Gasteiger partial charge in [-0.1, -0.05) is 41.6 Å². The lowest BCUT2D eigenvalue weighted by molar-refractivity contribution is 0.0841. The molecule has 132 valence electrons. The van der Waals surface area contributed by atoms with E-state index in [-0.39, 0.29) is 5.69 Å². The third-order valence-corrected chi connectivity index (χ3v) is 3.72. The maximum atomic E-state index is 12.2. The molecule has 1 aromatic heterocycles. The van der Waals surface area contributed by atoms with Crippen molar-refractivity contribution in [1.29, 1.82) is 0 Å². The summed E-state index contributed by atoms with van der Waals surface area (Å²) in [6.07, 6.45) is 0. The van der Waals surface area contributed by atoms with Crippen LogP contribution in [0.3, 0.4) is 0 Å². The van der Waals surface area contributed by atoms with Crippen LogP contribution in [0, 0.1) is 0 Å². The van der Waals surface area contributed by atoms with E-state index in [2.05, 4.69) is 16.0 Å². The largest absolute Gasteiger partial charge is 0.378 e. The number of hydrogen-bond donors (Lipinski definition) is 2. The van der Waals surface area contributed by atoms with Gasteiger partial charge in [-0.2, -0.15) is 0 Å². The summed E-state index contributed by atoms with van der Waals surface area (Å²) in [6.45, 7) is 0. The van der Waals surface area contributed by atoms with Gasteiger partial charge in [0.2, 0.25) is 0 Å². The van der Waals surface area contributed by atoms with E-state index >= 15 is 0 Å². The molecule has 0 atom stereocenters. The number of benzene rings is 2. The Labute approximate surface area is 150 Å². The Hall–Kier alpha value is -3.61. The molecule has 0 saturated carbocycles. The molecule has 7 heteroatoms. The summed E-state index contributed by atoms with van der Waals surface area (Å²) in [5, 5.41) is 3.74. The number of amides is 2. The fourth-order valence-corrected chi connectivity index (χ4v) is 2.30. The Bertz CT molecular complexity index is 919. The van der Waals surface area contributed by atoms with Gasteiger partial charge in [-0.15, -0.1) is 0 Å². The monoisotopic (exact) mass is 350 g/mol. The van der Waals surface area contributed by atoms with Crippen molar-refractivity contribution in [2.24, 2.45) is 0 Å². The van der Waals surface area contributed by atoms with Crippen molar-refractivity contribution < 1.29 is 14.1 Å². The van der Waals surface area contributed by atoms with Crippen molar-refractivity contribution in [3.8, 4) is 11.3 Å². The van der Waals surface area contributed by atoms with Crippen LogP contribution in [0.25, 0.3) is 11.3 Å². The molecular weight excluding hydrogens is 332 g/mol. The highest BCUT2D eigenvalue weighted by molar-refractivity contribution is 5.99. The molecule has 0 radical (unpaired) electrons. The van der Waals surface area contributed by atoms with Crippen LogP contribution in [0.4, 0.5) is 5.69 Å². The first-order chi connectivity index (χ1) is 12.5. The highest BCUT2D eigenvalue weighted by Gasteiger charge is 2.15. The normalized spacial score (nSPS) is 10.2. The van der Waals surface area contributed by atoms with Gasteiger partial charge in [0.15, 0.2) is 11.5 Å². The molecule has 0 aliphatic rings. The van der Waals surface area contributed by atoms with Gasteiger partial charge in [0.05, 0.1) is 0 Å². The zero-order valence-electron chi connectivity index (χ0n) is 14.4. The first-order valence-corrected chi connectivity index (χ1v) is 7.95. The Morgan fingerprint density at radius 3 is 2.38 bits per heavy atom. The second-order valence-electron chi connectivity index (χ2n) is 5.80.